The van der Waals surface area contributed by atoms with Gasteiger partial charge in [0.15, 0.2) is 0 Å². The number of benzene rings is 1. The fourth-order valence-electron chi connectivity index (χ4n) is 1.84. The lowest BCUT2D eigenvalue weighted by atomic mass is 9.90. The molecule has 0 saturated heterocycles. The SMILES string of the molecule is CC[C@@H](CC(=O)C(=O)OC)c1cccc(C)c1. The Hall–Kier alpha value is -1.64. The number of rotatable bonds is 5. The maximum Gasteiger partial charge on any atom is 0.374 e. The first-order valence-electron chi connectivity index (χ1n) is 5.76. The molecule has 0 aromatic heterocycles. The van der Waals surface area contributed by atoms with Crippen LogP contribution in [0.3, 0.4) is 0 Å². The largest absolute Gasteiger partial charge is 0.463 e. The lowest BCUT2D eigenvalue weighted by Crippen LogP contribution is -2.18. The quantitative estimate of drug-likeness (QED) is 0.581. The van der Waals surface area contributed by atoms with Crippen LogP contribution in [0.1, 0.15) is 36.8 Å². The Morgan fingerprint density at radius 1 is 1.35 bits per heavy atom. The molecule has 1 aromatic carbocycles. The van der Waals surface area contributed by atoms with E-state index < -0.39 is 11.8 Å². The minimum Gasteiger partial charge on any atom is -0.463 e. The predicted molar refractivity (Wildman–Crippen MR) is 65.9 cm³/mol. The summed E-state index contributed by atoms with van der Waals surface area (Å²) in [4.78, 5) is 22.6. The van der Waals surface area contributed by atoms with Gasteiger partial charge in [0.1, 0.15) is 0 Å². The van der Waals surface area contributed by atoms with E-state index in [-0.39, 0.29) is 12.3 Å². The summed E-state index contributed by atoms with van der Waals surface area (Å²) >= 11 is 0. The molecule has 0 saturated carbocycles. The number of hydrogen-bond donors (Lipinski definition) is 0. The third kappa shape index (κ3) is 3.70. The average molecular weight is 234 g/mol. The molecule has 0 N–H and O–H groups in total. The highest BCUT2D eigenvalue weighted by atomic mass is 16.5. The van der Waals surface area contributed by atoms with Crippen molar-refractivity contribution in [2.75, 3.05) is 7.11 Å². The summed E-state index contributed by atoms with van der Waals surface area (Å²) in [6.07, 6.45) is 1.04. The summed E-state index contributed by atoms with van der Waals surface area (Å²) in [6.45, 7) is 4.02. The van der Waals surface area contributed by atoms with E-state index in [1.165, 1.54) is 7.11 Å². The fourth-order valence-corrected chi connectivity index (χ4v) is 1.84. The highest BCUT2D eigenvalue weighted by Crippen LogP contribution is 2.24. The minimum atomic E-state index is -0.754. The van der Waals surface area contributed by atoms with E-state index in [1.54, 1.807) is 0 Å². The van der Waals surface area contributed by atoms with Gasteiger partial charge in [0.2, 0.25) is 5.78 Å². The molecule has 3 nitrogen and oxygen atoms in total. The van der Waals surface area contributed by atoms with Gasteiger partial charge in [0.25, 0.3) is 0 Å². The van der Waals surface area contributed by atoms with Gasteiger partial charge < -0.3 is 4.74 Å². The maximum atomic E-state index is 11.5. The van der Waals surface area contributed by atoms with Crippen molar-refractivity contribution in [2.45, 2.75) is 32.6 Å². The molecule has 0 aliphatic rings. The van der Waals surface area contributed by atoms with Crippen LogP contribution in [-0.4, -0.2) is 18.9 Å². The predicted octanol–water partition coefficient (Wildman–Crippen LogP) is 2.62. The zero-order valence-electron chi connectivity index (χ0n) is 10.5. The van der Waals surface area contributed by atoms with E-state index >= 15 is 0 Å². The van der Waals surface area contributed by atoms with E-state index in [4.69, 9.17) is 0 Å². The molecule has 0 heterocycles. The lowest BCUT2D eigenvalue weighted by Gasteiger charge is -2.14. The third-order valence-electron chi connectivity index (χ3n) is 2.85. The van der Waals surface area contributed by atoms with Crippen LogP contribution in [0.5, 0.6) is 0 Å². The van der Waals surface area contributed by atoms with E-state index in [1.807, 2.05) is 32.0 Å². The summed E-state index contributed by atoms with van der Waals surface area (Å²) in [6, 6.07) is 8.03. The van der Waals surface area contributed by atoms with Crippen molar-refractivity contribution < 1.29 is 14.3 Å². The Morgan fingerprint density at radius 3 is 2.59 bits per heavy atom. The summed E-state index contributed by atoms with van der Waals surface area (Å²) in [5.74, 6) is -1.13. The number of ketones is 1. The van der Waals surface area contributed by atoms with Gasteiger partial charge in [0.05, 0.1) is 7.11 Å². The van der Waals surface area contributed by atoms with Gasteiger partial charge in [-0.25, -0.2) is 4.79 Å². The van der Waals surface area contributed by atoms with Crippen LogP contribution in [0, 0.1) is 6.92 Å². The number of hydrogen-bond acceptors (Lipinski definition) is 3. The number of aryl methyl sites for hydroxylation is 1. The number of carbonyl (C=O) groups is 2. The molecule has 1 atom stereocenters. The van der Waals surface area contributed by atoms with Gasteiger partial charge in [0, 0.05) is 6.42 Å². The van der Waals surface area contributed by atoms with Crippen LogP contribution in [0.2, 0.25) is 0 Å². The number of esters is 1. The zero-order chi connectivity index (χ0) is 12.8. The van der Waals surface area contributed by atoms with Gasteiger partial charge in [-0.2, -0.15) is 0 Å². The van der Waals surface area contributed by atoms with Gasteiger partial charge in [-0.3, -0.25) is 4.79 Å². The highest BCUT2D eigenvalue weighted by Gasteiger charge is 2.20. The van der Waals surface area contributed by atoms with E-state index in [0.29, 0.717) is 0 Å². The Morgan fingerprint density at radius 2 is 2.06 bits per heavy atom. The number of Topliss-reactive ketones (excluding diaryl/α,β-unsaturated/α-hetero) is 1. The standard InChI is InChI=1S/C14H18O3/c1-4-11(9-13(15)14(16)17-3)12-7-5-6-10(2)8-12/h5-8,11H,4,9H2,1-3H3/t11-/m0/s1. The van der Waals surface area contributed by atoms with Crippen LogP contribution >= 0.6 is 0 Å². The molecule has 0 aliphatic heterocycles. The smallest absolute Gasteiger partial charge is 0.374 e. The summed E-state index contributed by atoms with van der Waals surface area (Å²) in [5, 5.41) is 0. The normalized spacial score (nSPS) is 11.9. The van der Waals surface area contributed by atoms with Crippen molar-refractivity contribution in [3.8, 4) is 0 Å². The van der Waals surface area contributed by atoms with Crippen molar-refractivity contribution in [2.24, 2.45) is 0 Å². The first-order chi connectivity index (χ1) is 8.08. The lowest BCUT2D eigenvalue weighted by molar-refractivity contribution is -0.151. The van der Waals surface area contributed by atoms with Crippen molar-refractivity contribution in [3.63, 3.8) is 0 Å². The fraction of sp³-hybridized carbons (Fsp3) is 0.429. The molecule has 3 heteroatoms. The second-order valence-corrected chi connectivity index (χ2v) is 4.14. The average Bonchev–Trinajstić information content (AvgIpc) is 2.34. The van der Waals surface area contributed by atoms with Crippen LogP contribution in [-0.2, 0) is 14.3 Å². The number of methoxy groups -OCH3 is 1. The summed E-state index contributed by atoms with van der Waals surface area (Å²) in [7, 11) is 1.23. The second-order valence-electron chi connectivity index (χ2n) is 4.14. The molecular weight excluding hydrogens is 216 g/mol. The molecule has 17 heavy (non-hydrogen) atoms. The zero-order valence-corrected chi connectivity index (χ0v) is 10.5. The molecule has 0 bridgehead atoms. The highest BCUT2D eigenvalue weighted by molar-refractivity contribution is 6.33. The van der Waals surface area contributed by atoms with Crippen molar-refractivity contribution in [1.29, 1.82) is 0 Å². The molecule has 0 radical (unpaired) electrons. The molecule has 1 aromatic rings. The Bertz CT molecular complexity index is 410. The monoisotopic (exact) mass is 234 g/mol. The molecule has 92 valence electrons. The Kier molecular flexibility index (Phi) is 4.88. The molecule has 1 rings (SSSR count). The first-order valence-corrected chi connectivity index (χ1v) is 5.76. The molecule has 0 fully saturated rings. The second kappa shape index (κ2) is 6.18. The topological polar surface area (TPSA) is 43.4 Å². The minimum absolute atomic E-state index is 0.0847. The van der Waals surface area contributed by atoms with Crippen molar-refractivity contribution >= 4 is 11.8 Å². The van der Waals surface area contributed by atoms with Gasteiger partial charge in [-0.15, -0.1) is 0 Å². The molecular formula is C14H18O3. The van der Waals surface area contributed by atoms with Crippen molar-refractivity contribution in [1.82, 2.24) is 0 Å². The van der Waals surface area contributed by atoms with Gasteiger partial charge >= 0.3 is 5.97 Å². The van der Waals surface area contributed by atoms with E-state index in [2.05, 4.69) is 10.8 Å². The van der Waals surface area contributed by atoms with Gasteiger partial charge in [-0.05, 0) is 24.8 Å². The number of carbonyl (C=O) groups excluding carboxylic acids is 2. The van der Waals surface area contributed by atoms with Crippen molar-refractivity contribution in [3.05, 3.63) is 35.4 Å². The third-order valence-corrected chi connectivity index (χ3v) is 2.85. The number of ether oxygens (including phenoxy) is 1. The summed E-state index contributed by atoms with van der Waals surface area (Å²) in [5.41, 5.74) is 2.26. The van der Waals surface area contributed by atoms with Crippen LogP contribution < -0.4 is 0 Å². The van der Waals surface area contributed by atoms with Gasteiger partial charge in [-0.1, -0.05) is 36.8 Å². The van der Waals surface area contributed by atoms with Crippen LogP contribution in [0.15, 0.2) is 24.3 Å². The maximum absolute atomic E-state index is 11.5. The van der Waals surface area contributed by atoms with Crippen LogP contribution in [0.4, 0.5) is 0 Å². The van der Waals surface area contributed by atoms with E-state index in [0.717, 1.165) is 17.5 Å². The molecule has 0 aliphatic carbocycles. The first kappa shape index (κ1) is 13.4. The molecule has 0 spiro atoms. The van der Waals surface area contributed by atoms with Crippen LogP contribution in [0.25, 0.3) is 0 Å². The molecule has 0 unspecified atom stereocenters. The van der Waals surface area contributed by atoms with E-state index in [9.17, 15) is 9.59 Å². The Labute approximate surface area is 102 Å². The summed E-state index contributed by atoms with van der Waals surface area (Å²) < 4.78 is 4.43. The molecule has 0 amide bonds. The Balaban J connectivity index is 2.79.